The van der Waals surface area contributed by atoms with Crippen molar-refractivity contribution >= 4 is 43.7 Å². The zero-order valence-electron chi connectivity index (χ0n) is 11.6. The van der Waals surface area contributed by atoms with Gasteiger partial charge in [-0.25, -0.2) is 4.98 Å². The molecule has 3 rings (SSSR count). The number of thiazole rings is 1. The molecule has 2 aromatic heterocycles. The SMILES string of the molecule is CNC1CCCc2sc(N(C)Cc3csc(Br)c3)nc21. The Morgan fingerprint density at radius 3 is 3.10 bits per heavy atom. The minimum absolute atomic E-state index is 0.437. The van der Waals surface area contributed by atoms with Crippen molar-refractivity contribution in [1.29, 1.82) is 0 Å². The molecule has 3 nitrogen and oxygen atoms in total. The molecule has 1 unspecified atom stereocenters. The van der Waals surface area contributed by atoms with Crippen LogP contribution in [-0.4, -0.2) is 19.1 Å². The first kappa shape index (κ1) is 14.5. The van der Waals surface area contributed by atoms with Gasteiger partial charge in [-0.3, -0.25) is 0 Å². The van der Waals surface area contributed by atoms with E-state index in [1.54, 1.807) is 11.3 Å². The molecular weight excluding hydrogens is 354 g/mol. The predicted octanol–water partition coefficient (Wildman–Crippen LogP) is 4.20. The van der Waals surface area contributed by atoms with Crippen LogP contribution < -0.4 is 10.2 Å². The summed E-state index contributed by atoms with van der Waals surface area (Å²) in [5, 5.41) is 6.72. The van der Waals surface area contributed by atoms with Crippen LogP contribution in [0.5, 0.6) is 0 Å². The van der Waals surface area contributed by atoms with E-state index in [0.29, 0.717) is 6.04 Å². The minimum atomic E-state index is 0.437. The molecule has 0 saturated carbocycles. The van der Waals surface area contributed by atoms with Gasteiger partial charge in [-0.05, 0) is 59.2 Å². The molecule has 108 valence electrons. The second-order valence-corrected chi connectivity index (χ2v) is 8.51. The van der Waals surface area contributed by atoms with Gasteiger partial charge in [0, 0.05) is 18.5 Å². The van der Waals surface area contributed by atoms with Crippen molar-refractivity contribution in [3.8, 4) is 0 Å². The zero-order chi connectivity index (χ0) is 14.1. The lowest BCUT2D eigenvalue weighted by Crippen LogP contribution is -2.21. The number of aromatic nitrogens is 1. The number of nitrogens with zero attached hydrogens (tertiary/aromatic N) is 2. The average Bonchev–Trinajstić information content (AvgIpc) is 3.04. The molecule has 0 fully saturated rings. The van der Waals surface area contributed by atoms with Crippen LogP contribution >= 0.6 is 38.6 Å². The maximum absolute atomic E-state index is 4.88. The third-order valence-electron chi connectivity index (χ3n) is 3.66. The second kappa shape index (κ2) is 6.13. The van der Waals surface area contributed by atoms with Crippen molar-refractivity contribution < 1.29 is 0 Å². The number of anilines is 1. The molecule has 20 heavy (non-hydrogen) atoms. The molecule has 1 N–H and O–H groups in total. The van der Waals surface area contributed by atoms with E-state index in [9.17, 15) is 0 Å². The second-order valence-electron chi connectivity index (χ2n) is 5.15. The van der Waals surface area contributed by atoms with E-state index in [-0.39, 0.29) is 0 Å². The minimum Gasteiger partial charge on any atom is -0.347 e. The lowest BCUT2D eigenvalue weighted by Gasteiger charge is -2.19. The summed E-state index contributed by atoms with van der Waals surface area (Å²) in [4.78, 5) is 8.60. The Bertz CT molecular complexity index is 593. The highest BCUT2D eigenvalue weighted by Crippen LogP contribution is 2.36. The van der Waals surface area contributed by atoms with Crippen LogP contribution in [-0.2, 0) is 13.0 Å². The van der Waals surface area contributed by atoms with Crippen LogP contribution in [0.4, 0.5) is 5.13 Å². The number of aryl methyl sites for hydroxylation is 1. The number of fused-ring (bicyclic) bond motifs is 1. The summed E-state index contributed by atoms with van der Waals surface area (Å²) in [6.07, 6.45) is 3.65. The first-order valence-electron chi connectivity index (χ1n) is 6.78. The summed E-state index contributed by atoms with van der Waals surface area (Å²) in [7, 11) is 4.16. The summed E-state index contributed by atoms with van der Waals surface area (Å²) in [6, 6.07) is 2.62. The van der Waals surface area contributed by atoms with Crippen molar-refractivity contribution in [3.05, 3.63) is 31.4 Å². The van der Waals surface area contributed by atoms with Crippen LogP contribution in [0.2, 0.25) is 0 Å². The largest absolute Gasteiger partial charge is 0.347 e. The van der Waals surface area contributed by atoms with Crippen LogP contribution in [0.3, 0.4) is 0 Å². The van der Waals surface area contributed by atoms with Gasteiger partial charge in [0.1, 0.15) is 0 Å². The molecule has 1 aliphatic carbocycles. The van der Waals surface area contributed by atoms with Gasteiger partial charge in [0.2, 0.25) is 0 Å². The highest BCUT2D eigenvalue weighted by atomic mass is 79.9. The summed E-state index contributed by atoms with van der Waals surface area (Å²) in [5.41, 5.74) is 2.61. The molecule has 0 aliphatic heterocycles. The normalized spacial score (nSPS) is 18.1. The van der Waals surface area contributed by atoms with Gasteiger partial charge >= 0.3 is 0 Å². The summed E-state index contributed by atoms with van der Waals surface area (Å²) < 4.78 is 1.19. The predicted molar refractivity (Wildman–Crippen MR) is 91.0 cm³/mol. The van der Waals surface area contributed by atoms with Crippen LogP contribution in [0, 0.1) is 0 Å². The van der Waals surface area contributed by atoms with Gasteiger partial charge in [-0.2, -0.15) is 0 Å². The van der Waals surface area contributed by atoms with Gasteiger partial charge in [0.25, 0.3) is 0 Å². The molecule has 0 spiro atoms. The van der Waals surface area contributed by atoms with Crippen LogP contribution in [0.25, 0.3) is 0 Å². The lowest BCUT2D eigenvalue weighted by atomic mass is 9.98. The van der Waals surface area contributed by atoms with Crippen molar-refractivity contribution in [2.24, 2.45) is 0 Å². The molecule has 0 bridgehead atoms. The molecule has 0 saturated heterocycles. The standard InChI is InChI=1S/C14H18BrN3S2/c1-16-10-4-3-5-11-13(10)17-14(20-11)18(2)7-9-6-12(15)19-8-9/h6,8,10,16H,3-5,7H2,1-2H3. The Morgan fingerprint density at radius 2 is 2.40 bits per heavy atom. The quantitative estimate of drug-likeness (QED) is 0.872. The smallest absolute Gasteiger partial charge is 0.185 e. The molecule has 0 aromatic carbocycles. The number of hydrogen-bond acceptors (Lipinski definition) is 5. The Morgan fingerprint density at radius 1 is 1.55 bits per heavy atom. The number of thiophene rings is 1. The monoisotopic (exact) mass is 371 g/mol. The summed E-state index contributed by atoms with van der Waals surface area (Å²) in [5.74, 6) is 0. The van der Waals surface area contributed by atoms with Crippen LogP contribution in [0.1, 0.15) is 35.0 Å². The van der Waals surface area contributed by atoms with E-state index < -0.39 is 0 Å². The van der Waals surface area contributed by atoms with Gasteiger partial charge in [0.15, 0.2) is 5.13 Å². The fourth-order valence-corrected chi connectivity index (χ4v) is 4.94. The van der Waals surface area contributed by atoms with Crippen LogP contribution in [0.15, 0.2) is 15.2 Å². The van der Waals surface area contributed by atoms with Crippen molar-refractivity contribution in [1.82, 2.24) is 10.3 Å². The number of rotatable bonds is 4. The third-order valence-corrected chi connectivity index (χ3v) is 6.46. The Kier molecular flexibility index (Phi) is 4.45. The molecule has 2 aromatic rings. The van der Waals surface area contributed by atoms with E-state index in [2.05, 4.69) is 44.6 Å². The van der Waals surface area contributed by atoms with E-state index in [0.717, 1.165) is 11.7 Å². The molecule has 2 heterocycles. The Labute approximate surface area is 136 Å². The van der Waals surface area contributed by atoms with E-state index in [4.69, 9.17) is 4.98 Å². The summed E-state index contributed by atoms with van der Waals surface area (Å²) >= 11 is 7.11. The molecule has 1 atom stereocenters. The highest BCUT2D eigenvalue weighted by molar-refractivity contribution is 9.11. The molecule has 6 heteroatoms. The number of hydrogen-bond donors (Lipinski definition) is 1. The zero-order valence-corrected chi connectivity index (χ0v) is 14.9. The topological polar surface area (TPSA) is 28.2 Å². The van der Waals surface area contributed by atoms with Gasteiger partial charge in [-0.15, -0.1) is 22.7 Å². The Hall–Kier alpha value is -0.430. The molecule has 1 aliphatic rings. The van der Waals surface area contributed by atoms with Gasteiger partial charge in [0.05, 0.1) is 15.5 Å². The average molecular weight is 372 g/mol. The fraction of sp³-hybridized carbons (Fsp3) is 0.500. The van der Waals surface area contributed by atoms with Crippen molar-refractivity contribution in [2.45, 2.75) is 31.8 Å². The first-order valence-corrected chi connectivity index (χ1v) is 9.27. The van der Waals surface area contributed by atoms with Crippen molar-refractivity contribution in [3.63, 3.8) is 0 Å². The fourth-order valence-electron chi connectivity index (χ4n) is 2.62. The number of halogens is 1. The first-order chi connectivity index (χ1) is 9.67. The van der Waals surface area contributed by atoms with Crippen molar-refractivity contribution in [2.75, 3.05) is 19.0 Å². The summed E-state index contributed by atoms with van der Waals surface area (Å²) in [6.45, 7) is 0.915. The van der Waals surface area contributed by atoms with E-state index >= 15 is 0 Å². The molecule has 0 radical (unpaired) electrons. The lowest BCUT2D eigenvalue weighted by molar-refractivity contribution is 0.490. The molecule has 0 amide bonds. The van der Waals surface area contributed by atoms with Gasteiger partial charge in [-0.1, -0.05) is 0 Å². The third kappa shape index (κ3) is 2.93. The Balaban J connectivity index is 1.78. The van der Waals surface area contributed by atoms with E-state index in [1.807, 2.05) is 18.4 Å². The highest BCUT2D eigenvalue weighted by Gasteiger charge is 2.24. The number of nitrogens with one attached hydrogen (secondary N) is 1. The maximum Gasteiger partial charge on any atom is 0.185 e. The molecular formula is C14H18BrN3S2. The van der Waals surface area contributed by atoms with E-state index in [1.165, 1.54) is 39.2 Å². The maximum atomic E-state index is 4.88. The van der Waals surface area contributed by atoms with Gasteiger partial charge < -0.3 is 10.2 Å².